The summed E-state index contributed by atoms with van der Waals surface area (Å²) in [5, 5.41) is 0.559. The highest BCUT2D eigenvalue weighted by molar-refractivity contribution is 6.32. The van der Waals surface area contributed by atoms with Crippen molar-refractivity contribution in [2.75, 3.05) is 33.4 Å². The third kappa shape index (κ3) is 5.82. The second-order valence-corrected chi connectivity index (χ2v) is 10.3. The number of hydrogen-bond donors (Lipinski definition) is 0. The maximum Gasteiger partial charge on any atom is 0.172 e. The van der Waals surface area contributed by atoms with E-state index in [0.717, 1.165) is 78.9 Å². The average molecular weight is 540 g/mol. The number of nitrogens with zero attached hydrogens (tertiary/aromatic N) is 1. The molecule has 0 N–H and O–H groups in total. The minimum atomic E-state index is -0.282. The van der Waals surface area contributed by atoms with E-state index in [-0.39, 0.29) is 18.5 Å². The van der Waals surface area contributed by atoms with E-state index in [1.807, 2.05) is 36.4 Å². The summed E-state index contributed by atoms with van der Waals surface area (Å²) in [4.78, 5) is 6.29. The minimum Gasteiger partial charge on any atom is -0.495 e. The van der Waals surface area contributed by atoms with E-state index in [2.05, 4.69) is 22.0 Å². The van der Waals surface area contributed by atoms with Gasteiger partial charge in [-0.05, 0) is 102 Å². The number of halogens is 3. The topological polar surface area (TPSA) is 30.9 Å². The fourth-order valence-electron chi connectivity index (χ4n) is 5.56. The van der Waals surface area contributed by atoms with Crippen molar-refractivity contribution in [1.29, 1.82) is 0 Å². The SMILES string of the molecule is COc1ccc(C2=C(c3ccc(O[C@H]4CCN(CCCF)C4)cc3)c3ccc(OF)cc3CCC2)cc1Cl. The number of rotatable bonds is 9. The molecule has 1 heterocycles. The highest BCUT2D eigenvalue weighted by Gasteiger charge is 2.24. The zero-order valence-corrected chi connectivity index (χ0v) is 22.3. The fraction of sp³-hybridized carbons (Fsp3) is 0.355. The van der Waals surface area contributed by atoms with Gasteiger partial charge in [-0.1, -0.05) is 35.9 Å². The minimum absolute atomic E-state index is 0.106. The Morgan fingerprint density at radius 1 is 0.974 bits per heavy atom. The van der Waals surface area contributed by atoms with Gasteiger partial charge in [0, 0.05) is 24.2 Å². The summed E-state index contributed by atoms with van der Waals surface area (Å²) < 4.78 is 37.2. The van der Waals surface area contributed by atoms with Crippen LogP contribution in [0, 0.1) is 0 Å². The second kappa shape index (κ2) is 12.2. The molecule has 1 aliphatic heterocycles. The van der Waals surface area contributed by atoms with E-state index in [1.54, 1.807) is 19.2 Å². The van der Waals surface area contributed by atoms with Crippen molar-refractivity contribution in [3.63, 3.8) is 0 Å². The van der Waals surface area contributed by atoms with Crippen LogP contribution >= 0.6 is 11.6 Å². The summed E-state index contributed by atoms with van der Waals surface area (Å²) in [6.07, 6.45) is 4.17. The van der Waals surface area contributed by atoms with Crippen molar-refractivity contribution in [3.05, 3.63) is 87.9 Å². The van der Waals surface area contributed by atoms with Crippen LogP contribution in [0.2, 0.25) is 5.02 Å². The van der Waals surface area contributed by atoms with Crippen molar-refractivity contribution in [3.8, 4) is 17.2 Å². The molecule has 38 heavy (non-hydrogen) atoms. The van der Waals surface area contributed by atoms with Crippen LogP contribution in [-0.2, 0) is 6.42 Å². The Morgan fingerprint density at radius 2 is 1.76 bits per heavy atom. The van der Waals surface area contributed by atoms with E-state index in [4.69, 9.17) is 21.1 Å². The molecule has 0 radical (unpaired) electrons. The summed E-state index contributed by atoms with van der Waals surface area (Å²) >= 11 is 6.52. The Kier molecular flexibility index (Phi) is 8.50. The predicted octanol–water partition coefficient (Wildman–Crippen LogP) is 7.72. The van der Waals surface area contributed by atoms with Crippen LogP contribution in [0.15, 0.2) is 60.7 Å². The molecule has 3 aromatic rings. The molecule has 5 rings (SSSR count). The first-order valence-corrected chi connectivity index (χ1v) is 13.5. The van der Waals surface area contributed by atoms with Gasteiger partial charge in [-0.15, -0.1) is 0 Å². The van der Waals surface area contributed by atoms with Crippen LogP contribution in [0.4, 0.5) is 8.92 Å². The third-order valence-electron chi connectivity index (χ3n) is 7.39. The van der Waals surface area contributed by atoms with Crippen molar-refractivity contribution >= 4 is 22.7 Å². The summed E-state index contributed by atoms with van der Waals surface area (Å²) in [5.74, 6) is 1.66. The van der Waals surface area contributed by atoms with Crippen molar-refractivity contribution in [2.45, 2.75) is 38.2 Å². The highest BCUT2D eigenvalue weighted by atomic mass is 35.5. The van der Waals surface area contributed by atoms with Crippen LogP contribution < -0.4 is 14.4 Å². The van der Waals surface area contributed by atoms with Gasteiger partial charge in [0.05, 0.1) is 18.8 Å². The lowest BCUT2D eigenvalue weighted by atomic mass is 9.88. The molecule has 1 atom stereocenters. The smallest absolute Gasteiger partial charge is 0.172 e. The van der Waals surface area contributed by atoms with E-state index in [0.29, 0.717) is 17.2 Å². The fourth-order valence-corrected chi connectivity index (χ4v) is 5.81. The Hall–Kier alpha value is -3.09. The van der Waals surface area contributed by atoms with Crippen LogP contribution in [0.3, 0.4) is 0 Å². The first-order valence-electron chi connectivity index (χ1n) is 13.1. The molecule has 4 nitrogen and oxygen atoms in total. The maximum absolute atomic E-state index is 13.0. The lowest BCUT2D eigenvalue weighted by molar-refractivity contribution is -0.00629. The number of alkyl halides is 1. The lowest BCUT2D eigenvalue weighted by Crippen LogP contribution is -2.26. The predicted molar refractivity (Wildman–Crippen MR) is 148 cm³/mol. The number of likely N-dealkylation sites (tertiary alicyclic amines) is 1. The Bertz CT molecular complexity index is 1290. The van der Waals surface area contributed by atoms with Crippen LogP contribution in [-0.4, -0.2) is 44.4 Å². The monoisotopic (exact) mass is 539 g/mol. The van der Waals surface area contributed by atoms with E-state index >= 15 is 0 Å². The van der Waals surface area contributed by atoms with Crippen molar-refractivity contribution < 1.29 is 23.3 Å². The van der Waals surface area contributed by atoms with Crippen LogP contribution in [0.25, 0.3) is 11.1 Å². The molecule has 2 aliphatic rings. The van der Waals surface area contributed by atoms with E-state index < -0.39 is 0 Å². The van der Waals surface area contributed by atoms with E-state index in [1.165, 1.54) is 5.57 Å². The zero-order valence-electron chi connectivity index (χ0n) is 21.5. The lowest BCUT2D eigenvalue weighted by Gasteiger charge is -2.19. The summed E-state index contributed by atoms with van der Waals surface area (Å²) in [6, 6.07) is 19.4. The maximum atomic E-state index is 13.0. The Labute approximate surface area is 227 Å². The largest absolute Gasteiger partial charge is 0.495 e. The number of hydrogen-bond acceptors (Lipinski definition) is 4. The number of allylic oxidation sites excluding steroid dienone is 1. The van der Waals surface area contributed by atoms with Gasteiger partial charge in [-0.2, -0.15) is 0 Å². The van der Waals surface area contributed by atoms with Gasteiger partial charge in [0.25, 0.3) is 0 Å². The van der Waals surface area contributed by atoms with Crippen LogP contribution in [0.1, 0.15) is 47.9 Å². The van der Waals surface area contributed by atoms with Gasteiger partial charge in [-0.25, -0.2) is 0 Å². The van der Waals surface area contributed by atoms with Gasteiger partial charge in [0.1, 0.15) is 17.6 Å². The van der Waals surface area contributed by atoms with Crippen LogP contribution in [0.5, 0.6) is 17.2 Å². The molecule has 1 fully saturated rings. The zero-order chi connectivity index (χ0) is 26.5. The average Bonchev–Trinajstić information content (AvgIpc) is 3.30. The molecule has 0 spiro atoms. The second-order valence-electron chi connectivity index (χ2n) is 9.85. The molecular formula is C31H32ClF2NO3. The quantitative estimate of drug-likeness (QED) is 0.278. The molecule has 1 aliphatic carbocycles. The summed E-state index contributed by atoms with van der Waals surface area (Å²) in [7, 11) is 1.61. The number of aryl methyl sites for hydroxylation is 1. The molecule has 0 unspecified atom stereocenters. The van der Waals surface area contributed by atoms with Gasteiger partial charge < -0.3 is 9.47 Å². The van der Waals surface area contributed by atoms with E-state index in [9.17, 15) is 8.92 Å². The Balaban J connectivity index is 1.49. The van der Waals surface area contributed by atoms with Crippen molar-refractivity contribution in [2.24, 2.45) is 0 Å². The highest BCUT2D eigenvalue weighted by Crippen LogP contribution is 2.42. The number of methoxy groups -OCH3 is 1. The molecule has 0 amide bonds. The molecule has 200 valence electrons. The number of ether oxygens (including phenoxy) is 2. The number of benzene rings is 3. The third-order valence-corrected chi connectivity index (χ3v) is 7.69. The van der Waals surface area contributed by atoms with Gasteiger partial charge in [0.2, 0.25) is 0 Å². The molecule has 0 aromatic heterocycles. The summed E-state index contributed by atoms with van der Waals surface area (Å²) in [6.45, 7) is 2.25. The standard InChI is InChI=1S/C31H32ClF2NO3/c1-36-30-13-8-23(19-29(30)32)27-5-2-4-22-18-25(38-34)11-12-28(22)31(27)21-6-9-24(10-7-21)37-26-14-17-35(20-26)16-3-15-33/h6-13,18-19,26H,2-5,14-17,20H2,1H3/t26-/m0/s1. The normalized spacial score (nSPS) is 17.7. The Morgan fingerprint density at radius 3 is 2.50 bits per heavy atom. The molecule has 1 saturated heterocycles. The first-order chi connectivity index (χ1) is 18.6. The van der Waals surface area contributed by atoms with Gasteiger partial charge in [-0.3, -0.25) is 14.2 Å². The molecule has 0 bridgehead atoms. The molecule has 3 aromatic carbocycles. The van der Waals surface area contributed by atoms with Crippen molar-refractivity contribution in [1.82, 2.24) is 4.90 Å². The molecule has 0 saturated carbocycles. The van der Waals surface area contributed by atoms with Gasteiger partial charge in [0.15, 0.2) is 5.75 Å². The number of fused-ring (bicyclic) bond motifs is 1. The first kappa shape index (κ1) is 26.5. The molecular weight excluding hydrogens is 508 g/mol. The van der Waals surface area contributed by atoms with Gasteiger partial charge >= 0.3 is 0 Å². The molecule has 7 heteroatoms. The summed E-state index contributed by atoms with van der Waals surface area (Å²) in [5.41, 5.74) is 6.45.